The van der Waals surface area contributed by atoms with Gasteiger partial charge in [0.15, 0.2) is 5.82 Å². The number of fused-ring (bicyclic) bond motifs is 3. The van der Waals surface area contributed by atoms with Crippen molar-refractivity contribution in [1.82, 2.24) is 24.5 Å². The van der Waals surface area contributed by atoms with Crippen LogP contribution in [-0.4, -0.2) is 62.6 Å². The van der Waals surface area contributed by atoms with Gasteiger partial charge in [-0.2, -0.15) is 0 Å². The van der Waals surface area contributed by atoms with Crippen molar-refractivity contribution < 1.29 is 4.92 Å². The maximum absolute atomic E-state index is 11.0. The summed E-state index contributed by atoms with van der Waals surface area (Å²) in [6.45, 7) is 3.65. The maximum atomic E-state index is 11.0. The molecule has 3 heterocycles. The van der Waals surface area contributed by atoms with E-state index in [-0.39, 0.29) is 5.69 Å². The lowest BCUT2D eigenvalue weighted by Crippen LogP contribution is -2.45. The Morgan fingerprint density at radius 1 is 1.22 bits per heavy atom. The van der Waals surface area contributed by atoms with E-state index >= 15 is 0 Å². The Morgan fingerprint density at radius 2 is 2.00 bits per heavy atom. The lowest BCUT2D eigenvalue weighted by molar-refractivity contribution is -0.384. The Kier molecular flexibility index (Phi) is 3.08. The first-order valence-corrected chi connectivity index (χ1v) is 7.35. The Labute approximate surface area is 131 Å². The maximum Gasteiger partial charge on any atom is 0.271 e. The third-order valence-electron chi connectivity index (χ3n) is 4.21. The molecule has 0 unspecified atom stereocenters. The van der Waals surface area contributed by atoms with Crippen molar-refractivity contribution in [2.75, 3.05) is 38.1 Å². The van der Waals surface area contributed by atoms with E-state index in [2.05, 4.69) is 32.0 Å². The van der Waals surface area contributed by atoms with Gasteiger partial charge in [0.2, 0.25) is 5.65 Å². The zero-order valence-electron chi connectivity index (χ0n) is 12.6. The second kappa shape index (κ2) is 5.13. The van der Waals surface area contributed by atoms with E-state index in [1.807, 2.05) is 0 Å². The van der Waals surface area contributed by atoms with Crippen LogP contribution in [-0.2, 0) is 0 Å². The largest absolute Gasteiger partial charge is 0.351 e. The van der Waals surface area contributed by atoms with Crippen LogP contribution in [0.4, 0.5) is 11.5 Å². The number of nitro groups is 1. The molecule has 0 radical (unpaired) electrons. The van der Waals surface area contributed by atoms with Crippen LogP contribution >= 0.6 is 0 Å². The molecule has 1 fully saturated rings. The summed E-state index contributed by atoms with van der Waals surface area (Å²) in [5.74, 6) is 0.775. The molecule has 0 N–H and O–H groups in total. The van der Waals surface area contributed by atoms with E-state index in [9.17, 15) is 10.1 Å². The van der Waals surface area contributed by atoms with Crippen LogP contribution in [0.2, 0.25) is 0 Å². The highest BCUT2D eigenvalue weighted by atomic mass is 16.6. The summed E-state index contributed by atoms with van der Waals surface area (Å²) in [5.41, 5.74) is 1.98. The monoisotopic (exact) mass is 313 g/mol. The van der Waals surface area contributed by atoms with E-state index < -0.39 is 4.92 Å². The SMILES string of the molecule is CN1CCN(c2nc3ccc([N+](=O)[O-])cc3n3cnnc23)CC1. The molecule has 2 aromatic heterocycles. The van der Waals surface area contributed by atoms with Gasteiger partial charge in [-0.3, -0.25) is 14.5 Å². The Balaban J connectivity index is 1.90. The summed E-state index contributed by atoms with van der Waals surface area (Å²) < 4.78 is 1.77. The second-order valence-corrected chi connectivity index (χ2v) is 5.68. The molecule has 0 atom stereocenters. The van der Waals surface area contributed by atoms with Crippen molar-refractivity contribution in [2.24, 2.45) is 0 Å². The fourth-order valence-electron chi connectivity index (χ4n) is 2.87. The third-order valence-corrected chi connectivity index (χ3v) is 4.21. The number of hydrogen-bond donors (Lipinski definition) is 0. The molecule has 0 spiro atoms. The summed E-state index contributed by atoms with van der Waals surface area (Å²) in [7, 11) is 2.09. The number of aromatic nitrogens is 4. The third kappa shape index (κ3) is 2.25. The Morgan fingerprint density at radius 3 is 2.74 bits per heavy atom. The summed E-state index contributed by atoms with van der Waals surface area (Å²) in [5, 5.41) is 19.1. The normalized spacial score (nSPS) is 16.3. The standard InChI is InChI=1S/C14H15N7O2/c1-18-4-6-19(7-5-18)13-14-17-15-9-20(14)12-8-10(21(22)23)2-3-11(12)16-13/h2-3,8-9H,4-7H2,1H3. The number of piperazine rings is 1. The van der Waals surface area contributed by atoms with Gasteiger partial charge in [0.05, 0.1) is 16.0 Å². The molecule has 1 aliphatic heterocycles. The lowest BCUT2D eigenvalue weighted by Gasteiger charge is -2.33. The van der Waals surface area contributed by atoms with Gasteiger partial charge in [-0.1, -0.05) is 0 Å². The summed E-state index contributed by atoms with van der Waals surface area (Å²) in [6, 6.07) is 4.65. The fraction of sp³-hybridized carbons (Fsp3) is 0.357. The first-order valence-electron chi connectivity index (χ1n) is 7.35. The van der Waals surface area contributed by atoms with Gasteiger partial charge in [-0.05, 0) is 13.1 Å². The zero-order chi connectivity index (χ0) is 16.0. The van der Waals surface area contributed by atoms with Gasteiger partial charge in [-0.25, -0.2) is 4.98 Å². The molecule has 1 aliphatic rings. The molecular weight excluding hydrogens is 298 g/mol. The van der Waals surface area contributed by atoms with Crippen molar-refractivity contribution in [2.45, 2.75) is 0 Å². The molecular formula is C14H15N7O2. The average molecular weight is 313 g/mol. The highest BCUT2D eigenvalue weighted by molar-refractivity contribution is 5.84. The van der Waals surface area contributed by atoms with Gasteiger partial charge in [0.1, 0.15) is 6.33 Å². The number of non-ortho nitro benzene ring substituents is 1. The number of benzene rings is 1. The summed E-state index contributed by atoms with van der Waals surface area (Å²) in [4.78, 5) is 19.7. The van der Waals surface area contributed by atoms with Crippen LogP contribution in [0.3, 0.4) is 0 Å². The van der Waals surface area contributed by atoms with E-state index in [0.29, 0.717) is 16.7 Å². The molecule has 4 rings (SSSR count). The fourth-order valence-corrected chi connectivity index (χ4v) is 2.87. The van der Waals surface area contributed by atoms with Crippen LogP contribution < -0.4 is 4.90 Å². The van der Waals surface area contributed by atoms with Gasteiger partial charge in [-0.15, -0.1) is 10.2 Å². The number of nitrogens with zero attached hydrogens (tertiary/aromatic N) is 7. The molecule has 9 nitrogen and oxygen atoms in total. The van der Waals surface area contributed by atoms with Crippen LogP contribution in [0.15, 0.2) is 24.5 Å². The second-order valence-electron chi connectivity index (χ2n) is 5.68. The molecule has 118 valence electrons. The van der Waals surface area contributed by atoms with E-state index in [1.165, 1.54) is 12.1 Å². The van der Waals surface area contributed by atoms with Crippen LogP contribution in [0.25, 0.3) is 16.7 Å². The Bertz CT molecular complexity index is 899. The first-order chi connectivity index (χ1) is 11.1. The lowest BCUT2D eigenvalue weighted by atomic mass is 10.2. The molecule has 3 aromatic rings. The number of nitro benzene ring substituents is 1. The summed E-state index contributed by atoms with van der Waals surface area (Å²) >= 11 is 0. The number of hydrogen-bond acceptors (Lipinski definition) is 7. The number of rotatable bonds is 2. The first kappa shape index (κ1) is 13.8. The van der Waals surface area contributed by atoms with Crippen LogP contribution in [0, 0.1) is 10.1 Å². The van der Waals surface area contributed by atoms with E-state index in [4.69, 9.17) is 0 Å². The molecule has 9 heteroatoms. The van der Waals surface area contributed by atoms with Crippen LogP contribution in [0.1, 0.15) is 0 Å². The smallest absolute Gasteiger partial charge is 0.271 e. The Hall–Kier alpha value is -2.81. The highest BCUT2D eigenvalue weighted by Gasteiger charge is 2.21. The molecule has 0 amide bonds. The zero-order valence-corrected chi connectivity index (χ0v) is 12.6. The minimum absolute atomic E-state index is 0.0293. The van der Waals surface area contributed by atoms with Gasteiger partial charge >= 0.3 is 0 Å². The van der Waals surface area contributed by atoms with Gasteiger partial charge in [0, 0.05) is 38.3 Å². The van der Waals surface area contributed by atoms with E-state index in [0.717, 1.165) is 32.0 Å². The minimum atomic E-state index is -0.413. The summed E-state index contributed by atoms with van der Waals surface area (Å²) in [6.07, 6.45) is 1.57. The van der Waals surface area contributed by atoms with Crippen LogP contribution in [0.5, 0.6) is 0 Å². The molecule has 1 saturated heterocycles. The minimum Gasteiger partial charge on any atom is -0.351 e. The molecule has 1 aromatic carbocycles. The molecule has 23 heavy (non-hydrogen) atoms. The van der Waals surface area contributed by atoms with Crippen molar-refractivity contribution in [3.8, 4) is 0 Å². The quantitative estimate of drug-likeness (QED) is 0.513. The highest BCUT2D eigenvalue weighted by Crippen LogP contribution is 2.26. The van der Waals surface area contributed by atoms with Crippen molar-refractivity contribution in [3.05, 3.63) is 34.6 Å². The van der Waals surface area contributed by atoms with Crippen molar-refractivity contribution in [3.63, 3.8) is 0 Å². The number of likely N-dealkylation sites (N-methyl/N-ethyl adjacent to an activating group) is 1. The predicted octanol–water partition coefficient (Wildman–Crippen LogP) is 0.937. The predicted molar refractivity (Wildman–Crippen MR) is 84.7 cm³/mol. The molecule has 0 bridgehead atoms. The van der Waals surface area contributed by atoms with Gasteiger partial charge in [0.25, 0.3) is 5.69 Å². The van der Waals surface area contributed by atoms with E-state index in [1.54, 1.807) is 16.8 Å². The molecule has 0 saturated carbocycles. The molecule has 0 aliphatic carbocycles. The topological polar surface area (TPSA) is 92.7 Å². The van der Waals surface area contributed by atoms with Crippen molar-refractivity contribution in [1.29, 1.82) is 0 Å². The van der Waals surface area contributed by atoms with Crippen molar-refractivity contribution >= 4 is 28.2 Å². The number of anilines is 1. The van der Waals surface area contributed by atoms with Gasteiger partial charge < -0.3 is 9.80 Å². The average Bonchev–Trinajstić information content (AvgIpc) is 3.04.